The fourth-order valence-corrected chi connectivity index (χ4v) is 4.09. The van der Waals surface area contributed by atoms with Crippen molar-refractivity contribution in [2.45, 2.75) is 33.9 Å². The molecule has 1 saturated heterocycles. The topological polar surface area (TPSA) is 66.3 Å². The lowest BCUT2D eigenvalue weighted by atomic mass is 10.1. The molecule has 4 rings (SSSR count). The lowest BCUT2D eigenvalue weighted by Gasteiger charge is -2.32. The number of hydrogen-bond acceptors (Lipinski definition) is 5. The Hall–Kier alpha value is -3.03. The van der Waals surface area contributed by atoms with Gasteiger partial charge >= 0.3 is 0 Å². The van der Waals surface area contributed by atoms with E-state index >= 15 is 0 Å². The average Bonchev–Trinajstić information content (AvgIpc) is 3.15. The van der Waals surface area contributed by atoms with Crippen molar-refractivity contribution in [3.05, 3.63) is 76.1 Å². The molecule has 2 heterocycles. The third-order valence-electron chi connectivity index (χ3n) is 6.01. The van der Waals surface area contributed by atoms with E-state index in [0.29, 0.717) is 17.9 Å². The second kappa shape index (κ2) is 9.63. The number of aromatic nitrogens is 3. The van der Waals surface area contributed by atoms with Crippen molar-refractivity contribution in [1.29, 1.82) is 0 Å². The van der Waals surface area contributed by atoms with Gasteiger partial charge in [0.15, 0.2) is 5.69 Å². The van der Waals surface area contributed by atoms with E-state index in [0.717, 1.165) is 49.5 Å². The number of hydrogen-bond donors (Lipinski definition) is 1. The predicted octanol–water partition coefficient (Wildman–Crippen LogP) is 2.87. The number of benzene rings is 2. The second-order valence-electron chi connectivity index (χ2n) is 8.80. The first-order valence-electron chi connectivity index (χ1n) is 11.2. The zero-order valence-corrected chi connectivity index (χ0v) is 19.4. The molecule has 0 radical (unpaired) electrons. The zero-order valence-electron chi connectivity index (χ0n) is 19.4. The van der Waals surface area contributed by atoms with Crippen molar-refractivity contribution in [3.8, 4) is 5.69 Å². The lowest BCUT2D eigenvalue weighted by molar-refractivity contribution is 0.0945. The van der Waals surface area contributed by atoms with Gasteiger partial charge in [-0.05, 0) is 50.6 Å². The number of carbonyl (C=O) groups excluding carboxylic acids is 1. The van der Waals surface area contributed by atoms with E-state index in [-0.39, 0.29) is 5.91 Å². The Bertz CT molecular complexity index is 1100. The van der Waals surface area contributed by atoms with Crippen LogP contribution < -0.4 is 5.32 Å². The van der Waals surface area contributed by atoms with Crippen molar-refractivity contribution in [2.24, 2.45) is 0 Å². The standard InChI is InChI=1S/C25H32N6O/c1-18-8-9-23(19(2)14-18)31-27-20(3)24(28-31)25(32)26-16-21-6-5-7-22(15-21)17-30-12-10-29(4)11-13-30/h5-9,14-15H,10-13,16-17H2,1-4H3,(H,26,32). The number of amides is 1. The summed E-state index contributed by atoms with van der Waals surface area (Å²) < 4.78 is 0. The van der Waals surface area contributed by atoms with Gasteiger partial charge in [0, 0.05) is 39.3 Å². The maximum Gasteiger partial charge on any atom is 0.274 e. The Morgan fingerprint density at radius 3 is 2.47 bits per heavy atom. The Labute approximate surface area is 190 Å². The summed E-state index contributed by atoms with van der Waals surface area (Å²) in [6.07, 6.45) is 0. The van der Waals surface area contributed by atoms with E-state index < -0.39 is 0 Å². The summed E-state index contributed by atoms with van der Waals surface area (Å²) >= 11 is 0. The van der Waals surface area contributed by atoms with Gasteiger partial charge in [0.2, 0.25) is 0 Å². The van der Waals surface area contributed by atoms with E-state index in [2.05, 4.69) is 63.6 Å². The monoisotopic (exact) mass is 432 g/mol. The number of piperazine rings is 1. The Balaban J connectivity index is 1.39. The van der Waals surface area contributed by atoms with Crippen molar-refractivity contribution >= 4 is 5.91 Å². The van der Waals surface area contributed by atoms with Gasteiger partial charge in [0.1, 0.15) is 0 Å². The molecule has 0 bridgehead atoms. The summed E-state index contributed by atoms with van der Waals surface area (Å²) in [6.45, 7) is 11.7. The van der Waals surface area contributed by atoms with Crippen LogP contribution in [0, 0.1) is 20.8 Å². The van der Waals surface area contributed by atoms with Crippen molar-refractivity contribution in [2.75, 3.05) is 33.2 Å². The van der Waals surface area contributed by atoms with Crippen molar-refractivity contribution in [3.63, 3.8) is 0 Å². The van der Waals surface area contributed by atoms with E-state index in [9.17, 15) is 4.79 Å². The van der Waals surface area contributed by atoms with Crippen LogP contribution in [0.1, 0.15) is 38.4 Å². The number of aryl methyl sites for hydroxylation is 3. The number of likely N-dealkylation sites (N-methyl/N-ethyl adjacent to an activating group) is 1. The van der Waals surface area contributed by atoms with Crippen LogP contribution in [-0.4, -0.2) is 63.9 Å². The molecule has 1 N–H and O–H groups in total. The van der Waals surface area contributed by atoms with Gasteiger partial charge in [-0.15, -0.1) is 5.10 Å². The minimum absolute atomic E-state index is 0.206. The van der Waals surface area contributed by atoms with E-state index in [1.165, 1.54) is 11.1 Å². The molecule has 1 fully saturated rings. The predicted molar refractivity (Wildman–Crippen MR) is 126 cm³/mol. The van der Waals surface area contributed by atoms with Crippen LogP contribution in [0.4, 0.5) is 0 Å². The molecule has 0 spiro atoms. The number of carbonyl (C=O) groups is 1. The van der Waals surface area contributed by atoms with Gasteiger partial charge in [0.05, 0.1) is 11.4 Å². The molecule has 1 aliphatic heterocycles. The average molecular weight is 433 g/mol. The molecular formula is C25H32N6O. The molecule has 168 valence electrons. The summed E-state index contributed by atoms with van der Waals surface area (Å²) in [4.78, 5) is 19.2. The molecule has 0 unspecified atom stereocenters. The fourth-order valence-electron chi connectivity index (χ4n) is 4.09. The van der Waals surface area contributed by atoms with E-state index in [1.54, 1.807) is 4.80 Å². The summed E-state index contributed by atoms with van der Waals surface area (Å²) in [7, 11) is 2.17. The van der Waals surface area contributed by atoms with Crippen LogP contribution in [0.5, 0.6) is 0 Å². The lowest BCUT2D eigenvalue weighted by Crippen LogP contribution is -2.43. The molecule has 1 aliphatic rings. The SMILES string of the molecule is Cc1ccc(-n2nc(C)c(C(=O)NCc3cccc(CN4CCN(C)CC4)c3)n2)c(C)c1. The smallest absolute Gasteiger partial charge is 0.274 e. The number of rotatable bonds is 6. The second-order valence-corrected chi connectivity index (χ2v) is 8.80. The normalized spacial score (nSPS) is 15.1. The van der Waals surface area contributed by atoms with Crippen molar-refractivity contribution < 1.29 is 4.79 Å². The molecule has 1 amide bonds. The van der Waals surface area contributed by atoms with E-state index in [4.69, 9.17) is 0 Å². The number of nitrogens with zero attached hydrogens (tertiary/aromatic N) is 5. The highest BCUT2D eigenvalue weighted by Crippen LogP contribution is 2.16. The maximum atomic E-state index is 12.8. The first-order valence-corrected chi connectivity index (χ1v) is 11.2. The summed E-state index contributed by atoms with van der Waals surface area (Å²) in [5.41, 5.74) is 6.48. The third-order valence-corrected chi connectivity index (χ3v) is 6.01. The zero-order chi connectivity index (χ0) is 22.7. The molecule has 1 aromatic heterocycles. The maximum absolute atomic E-state index is 12.8. The van der Waals surface area contributed by atoms with Crippen LogP contribution in [0.25, 0.3) is 5.69 Å². The van der Waals surface area contributed by atoms with Gasteiger partial charge in [0.25, 0.3) is 5.91 Å². The van der Waals surface area contributed by atoms with Gasteiger partial charge in [-0.2, -0.15) is 9.90 Å². The first kappa shape index (κ1) is 22.2. The minimum atomic E-state index is -0.206. The largest absolute Gasteiger partial charge is 0.347 e. The quantitative estimate of drug-likeness (QED) is 0.649. The molecule has 0 atom stereocenters. The highest BCUT2D eigenvalue weighted by atomic mass is 16.2. The Kier molecular flexibility index (Phi) is 6.67. The fraction of sp³-hybridized carbons (Fsp3) is 0.400. The van der Waals surface area contributed by atoms with Crippen LogP contribution in [0.3, 0.4) is 0 Å². The van der Waals surface area contributed by atoms with Gasteiger partial charge < -0.3 is 10.2 Å². The molecule has 2 aromatic carbocycles. The summed E-state index contributed by atoms with van der Waals surface area (Å²) in [5, 5.41) is 11.9. The molecule has 3 aromatic rings. The molecular weight excluding hydrogens is 400 g/mol. The minimum Gasteiger partial charge on any atom is -0.347 e. The molecule has 0 aliphatic carbocycles. The van der Waals surface area contributed by atoms with Gasteiger partial charge in [-0.25, -0.2) is 0 Å². The van der Waals surface area contributed by atoms with Crippen LogP contribution in [0.15, 0.2) is 42.5 Å². The van der Waals surface area contributed by atoms with E-state index in [1.807, 2.05) is 32.0 Å². The molecule has 7 heteroatoms. The van der Waals surface area contributed by atoms with Gasteiger partial charge in [-0.1, -0.05) is 42.0 Å². The Morgan fingerprint density at radius 1 is 0.969 bits per heavy atom. The van der Waals surface area contributed by atoms with Gasteiger partial charge in [-0.3, -0.25) is 9.69 Å². The number of nitrogens with one attached hydrogen (secondary N) is 1. The molecule has 0 saturated carbocycles. The third kappa shape index (κ3) is 5.23. The van der Waals surface area contributed by atoms with Crippen LogP contribution in [0.2, 0.25) is 0 Å². The Morgan fingerprint density at radius 2 is 1.72 bits per heavy atom. The summed E-state index contributed by atoms with van der Waals surface area (Å²) in [5.74, 6) is -0.206. The summed E-state index contributed by atoms with van der Waals surface area (Å²) in [6, 6.07) is 14.5. The van der Waals surface area contributed by atoms with Crippen molar-refractivity contribution in [1.82, 2.24) is 30.1 Å². The van der Waals surface area contributed by atoms with Crippen LogP contribution >= 0.6 is 0 Å². The molecule has 7 nitrogen and oxygen atoms in total. The highest BCUT2D eigenvalue weighted by molar-refractivity contribution is 5.93. The van der Waals surface area contributed by atoms with Crippen LogP contribution in [-0.2, 0) is 13.1 Å². The highest BCUT2D eigenvalue weighted by Gasteiger charge is 2.17. The molecule has 32 heavy (non-hydrogen) atoms. The first-order chi connectivity index (χ1) is 15.4.